The third-order valence-corrected chi connectivity index (χ3v) is 18.6. The fourth-order valence-corrected chi connectivity index (χ4v) is 12.5. The SMILES string of the molecule is C=CCOCC(COc1ccccc1)OCP(=O)(O)COC(COCC=C)COc1ccccc1.C=CCOCC(COc1ccccc1)OCP(=O)(O)O.CC.CC.CC.CC(CC(C)c1ccccc1)c1ccccc1.CC(CC(C)c1ccccc1)c1ccccc1.CC(CC(C)c1ccccc1)c1ccccc1. The lowest BCUT2D eigenvalue weighted by Crippen LogP contribution is -2.30. The maximum absolute atomic E-state index is 12.7. The summed E-state index contributed by atoms with van der Waals surface area (Å²) in [4.78, 5) is 28.1. The summed E-state index contributed by atoms with van der Waals surface area (Å²) < 4.78 is 73.1. The summed E-state index contributed by atoms with van der Waals surface area (Å²) in [6, 6.07) is 92.2. The summed E-state index contributed by atoms with van der Waals surface area (Å²) in [6.07, 6.45) is 5.27. The van der Waals surface area contributed by atoms with Crippen LogP contribution in [0.25, 0.3) is 0 Å². The van der Waals surface area contributed by atoms with Crippen LogP contribution in [-0.2, 0) is 37.6 Å². The Bertz CT molecular complexity index is 3340. The van der Waals surface area contributed by atoms with E-state index in [0.717, 1.165) is 0 Å². The molecule has 0 bridgehead atoms. The molecular formula is C96H132O14P2. The Balaban J connectivity index is 0.000000482. The number of ether oxygens (including phenoxy) is 9. The van der Waals surface area contributed by atoms with E-state index in [1.165, 1.54) is 52.6 Å². The van der Waals surface area contributed by atoms with Gasteiger partial charge in [-0.1, -0.05) is 338 Å². The molecule has 0 aliphatic heterocycles. The van der Waals surface area contributed by atoms with Crippen LogP contribution in [0.3, 0.4) is 0 Å². The monoisotopic (exact) mass is 1570 g/mol. The van der Waals surface area contributed by atoms with Gasteiger partial charge in [-0.25, -0.2) is 0 Å². The molecule has 0 spiro atoms. The Kier molecular flexibility index (Phi) is 56.3. The van der Waals surface area contributed by atoms with Gasteiger partial charge in [-0.05, 0) is 125 Å². The number of rotatable bonds is 42. The second kappa shape index (κ2) is 63.1. The van der Waals surface area contributed by atoms with Crippen LogP contribution in [0, 0.1) is 0 Å². The van der Waals surface area contributed by atoms with Crippen LogP contribution in [0.5, 0.6) is 17.2 Å². The van der Waals surface area contributed by atoms with Crippen molar-refractivity contribution in [3.63, 3.8) is 0 Å². The lowest BCUT2D eigenvalue weighted by molar-refractivity contribution is -0.0271. The fraction of sp³-hybridized carbons (Fsp3) is 0.375. The Morgan fingerprint density at radius 1 is 0.286 bits per heavy atom. The van der Waals surface area contributed by atoms with Gasteiger partial charge >= 0.3 is 7.60 Å². The molecular weight excluding hydrogens is 1440 g/mol. The summed E-state index contributed by atoms with van der Waals surface area (Å²) >= 11 is 0. The highest BCUT2D eigenvalue weighted by molar-refractivity contribution is 7.57. The molecule has 0 amide bonds. The van der Waals surface area contributed by atoms with Crippen LogP contribution in [0.15, 0.2) is 311 Å². The van der Waals surface area contributed by atoms with Crippen LogP contribution < -0.4 is 14.2 Å². The van der Waals surface area contributed by atoms with Gasteiger partial charge in [0.1, 0.15) is 74.4 Å². The van der Waals surface area contributed by atoms with Gasteiger partial charge in [0.2, 0.25) is 7.37 Å². The van der Waals surface area contributed by atoms with E-state index < -0.39 is 52.3 Å². The van der Waals surface area contributed by atoms with Gasteiger partial charge in [-0.15, -0.1) is 19.7 Å². The highest BCUT2D eigenvalue weighted by Crippen LogP contribution is 2.41. The van der Waals surface area contributed by atoms with Gasteiger partial charge in [0, 0.05) is 0 Å². The van der Waals surface area contributed by atoms with Crippen LogP contribution in [-0.4, -0.2) is 111 Å². The smallest absolute Gasteiger partial charge is 0.350 e. The standard InChI is InChI=1S/C26H35O8P.3C17H20.C13H19O6P.3C2H6/c1-3-15-29-17-25(19-31-23-11-7-5-8-12-23)33-21-35(27,28)22-34-26(18-30-16-4-2)20-32-24-13-9-6-10-14-24;3*1-14(16-9-5-3-6-10-16)13-15(2)17-11-7-4-8-12-17;1-2-8-17-9-13(19-11-20(14,15)16)10-18-12-6-4-3-5-7-12;3*1-2/h3-14,25-26H,1-2,15-22H2,(H,27,28);3*3-12,14-15H,13H2,1-2H3;2-7,13H,1,8-11H2,(H2,14,15,16);3*1-2H3. The predicted octanol–water partition coefficient (Wildman–Crippen LogP) is 24.3. The minimum atomic E-state index is -4.21. The maximum atomic E-state index is 12.7. The third kappa shape index (κ3) is 47.3. The van der Waals surface area contributed by atoms with E-state index in [-0.39, 0.29) is 39.6 Å². The average Bonchev–Trinajstić information content (AvgIpc) is 0.885. The zero-order valence-corrected chi connectivity index (χ0v) is 70.7. The first-order valence-corrected chi connectivity index (χ1v) is 43.3. The summed E-state index contributed by atoms with van der Waals surface area (Å²) in [6.45, 7) is 38.6. The summed E-state index contributed by atoms with van der Waals surface area (Å²) in [7, 11) is -7.98. The Morgan fingerprint density at radius 3 is 0.643 bits per heavy atom. The third-order valence-electron chi connectivity index (χ3n) is 17.0. The zero-order chi connectivity index (χ0) is 82.3. The minimum Gasteiger partial charge on any atom is -0.491 e. The predicted molar refractivity (Wildman–Crippen MR) is 467 cm³/mol. The van der Waals surface area contributed by atoms with Crippen molar-refractivity contribution in [2.24, 2.45) is 0 Å². The highest BCUT2D eigenvalue weighted by Gasteiger charge is 2.26. The molecule has 0 radical (unpaired) electrons. The molecule has 0 aromatic heterocycles. The van der Waals surface area contributed by atoms with E-state index >= 15 is 0 Å². The van der Waals surface area contributed by atoms with Crippen molar-refractivity contribution in [1.29, 1.82) is 0 Å². The average molecular weight is 1570 g/mol. The van der Waals surface area contributed by atoms with Gasteiger partial charge in [-0.2, -0.15) is 0 Å². The van der Waals surface area contributed by atoms with Crippen molar-refractivity contribution in [1.82, 2.24) is 0 Å². The quantitative estimate of drug-likeness (QED) is 0.0187. The van der Waals surface area contributed by atoms with Gasteiger partial charge in [-0.3, -0.25) is 9.13 Å². The van der Waals surface area contributed by atoms with Gasteiger partial charge in [0.15, 0.2) is 0 Å². The van der Waals surface area contributed by atoms with Crippen molar-refractivity contribution in [3.8, 4) is 17.2 Å². The molecule has 9 aromatic carbocycles. The van der Waals surface area contributed by atoms with Crippen molar-refractivity contribution in [2.75, 3.05) is 78.5 Å². The first kappa shape index (κ1) is 99.8. The molecule has 9 aromatic rings. The highest BCUT2D eigenvalue weighted by atomic mass is 31.2. The second-order valence-electron chi connectivity index (χ2n) is 26.2. The number of hydrogen-bond acceptors (Lipinski definition) is 11. The molecule has 0 aliphatic rings. The number of para-hydroxylation sites is 3. The number of hydrogen-bond donors (Lipinski definition) is 3. The van der Waals surface area contributed by atoms with Crippen LogP contribution in [0.1, 0.15) is 171 Å². The fourth-order valence-electron chi connectivity index (χ4n) is 11.2. The summed E-state index contributed by atoms with van der Waals surface area (Å²) in [5, 5.41) is 0. The first-order chi connectivity index (χ1) is 54.3. The van der Waals surface area contributed by atoms with Crippen molar-refractivity contribution in [3.05, 3.63) is 344 Å². The lowest BCUT2D eigenvalue weighted by atomic mass is 9.87. The van der Waals surface area contributed by atoms with E-state index in [0.29, 0.717) is 72.6 Å². The molecule has 14 nitrogen and oxygen atoms in total. The molecule has 0 saturated carbocycles. The van der Waals surface area contributed by atoms with E-state index in [4.69, 9.17) is 52.4 Å². The Labute approximate surface area is 673 Å². The number of benzene rings is 9. The molecule has 0 fully saturated rings. The van der Waals surface area contributed by atoms with Crippen LogP contribution in [0.4, 0.5) is 0 Å². The summed E-state index contributed by atoms with van der Waals surface area (Å²) in [5.74, 6) is 5.69. The topological polar surface area (TPSA) is 178 Å². The molecule has 9 rings (SSSR count). The van der Waals surface area contributed by atoms with E-state index in [1.54, 1.807) is 30.4 Å². The van der Waals surface area contributed by atoms with Crippen LogP contribution in [0.2, 0.25) is 0 Å². The molecule has 3 N–H and O–H groups in total. The first-order valence-electron chi connectivity index (χ1n) is 39.4. The maximum Gasteiger partial charge on any atom is 0.350 e. The molecule has 0 aliphatic carbocycles. The van der Waals surface area contributed by atoms with Crippen molar-refractivity contribution < 1.29 is 66.4 Å². The lowest BCUT2D eigenvalue weighted by Gasteiger charge is -2.23. The van der Waals surface area contributed by atoms with E-state index in [2.05, 4.69) is 243 Å². The molecule has 112 heavy (non-hydrogen) atoms. The largest absolute Gasteiger partial charge is 0.491 e. The molecule has 0 heterocycles. The van der Waals surface area contributed by atoms with Gasteiger partial charge in [0.05, 0.1) is 39.6 Å². The van der Waals surface area contributed by atoms with Crippen LogP contribution >= 0.6 is 15.0 Å². The van der Waals surface area contributed by atoms with Gasteiger partial charge < -0.3 is 57.3 Å². The molecule has 9 unspecified atom stereocenters. The molecule has 9 atom stereocenters. The van der Waals surface area contributed by atoms with Crippen molar-refractivity contribution >= 4 is 15.0 Å². The molecule has 610 valence electrons. The van der Waals surface area contributed by atoms with E-state index in [9.17, 15) is 14.0 Å². The van der Waals surface area contributed by atoms with Crippen molar-refractivity contribution in [2.45, 2.75) is 156 Å². The normalized spacial score (nSPS) is 13.5. The van der Waals surface area contributed by atoms with E-state index in [1.807, 2.05) is 120 Å². The molecule has 0 saturated heterocycles. The second-order valence-corrected chi connectivity index (χ2v) is 30.0. The minimum absolute atomic E-state index is 0.140. The Morgan fingerprint density at radius 2 is 0.464 bits per heavy atom. The van der Waals surface area contributed by atoms with Gasteiger partial charge in [0.25, 0.3) is 0 Å². The zero-order valence-electron chi connectivity index (χ0n) is 68.9. The summed E-state index contributed by atoms with van der Waals surface area (Å²) in [5.41, 5.74) is 8.64. The Hall–Kier alpha value is -8.30. The molecule has 16 heteroatoms.